The van der Waals surface area contributed by atoms with E-state index in [9.17, 15) is 4.79 Å². The van der Waals surface area contributed by atoms with Gasteiger partial charge in [-0.05, 0) is 59.0 Å². The number of hydrogen-bond acceptors (Lipinski definition) is 5. The van der Waals surface area contributed by atoms with Gasteiger partial charge < -0.3 is 14.8 Å². The second-order valence-electron chi connectivity index (χ2n) is 6.30. The molecule has 0 radical (unpaired) electrons. The largest absolute Gasteiger partial charge is 0.465 e. The van der Waals surface area contributed by atoms with E-state index in [0.717, 1.165) is 38.8 Å². The van der Waals surface area contributed by atoms with E-state index in [2.05, 4.69) is 10.2 Å². The highest BCUT2D eigenvalue weighted by atomic mass is 16.5. The van der Waals surface area contributed by atoms with Crippen LogP contribution in [-0.2, 0) is 14.3 Å². The van der Waals surface area contributed by atoms with Crippen LogP contribution in [0.4, 0.5) is 0 Å². The molecule has 0 aromatic carbocycles. The average molecular weight is 298 g/mol. The van der Waals surface area contributed by atoms with E-state index >= 15 is 0 Å². The van der Waals surface area contributed by atoms with Crippen molar-refractivity contribution in [1.82, 2.24) is 10.2 Å². The van der Waals surface area contributed by atoms with Crippen molar-refractivity contribution in [2.75, 3.05) is 33.9 Å². The number of carbonyl (C=O) groups is 1. The molecule has 0 aromatic heterocycles. The number of rotatable bonds is 5. The molecule has 2 rings (SSSR count). The third kappa shape index (κ3) is 3.76. The van der Waals surface area contributed by atoms with Gasteiger partial charge in [-0.15, -0.1) is 0 Å². The number of methoxy groups -OCH3 is 1. The normalized spacial score (nSPS) is 34.6. The van der Waals surface area contributed by atoms with E-state index in [4.69, 9.17) is 9.47 Å². The Morgan fingerprint density at radius 2 is 2.19 bits per heavy atom. The smallest absolute Gasteiger partial charge is 0.326 e. The number of esters is 1. The fourth-order valence-electron chi connectivity index (χ4n) is 3.83. The van der Waals surface area contributed by atoms with Gasteiger partial charge in [0.25, 0.3) is 0 Å². The average Bonchev–Trinajstić information content (AvgIpc) is 2.55. The number of ether oxygens (including phenoxy) is 2. The Bertz CT molecular complexity index is 350. The van der Waals surface area contributed by atoms with Gasteiger partial charge in [0.2, 0.25) is 0 Å². The summed E-state index contributed by atoms with van der Waals surface area (Å²) in [5, 5.41) is 3.26. The first kappa shape index (κ1) is 16.7. The van der Waals surface area contributed by atoms with Gasteiger partial charge in [0, 0.05) is 19.7 Å². The lowest BCUT2D eigenvalue weighted by Gasteiger charge is -2.45. The number of carbonyl (C=O) groups excluding carboxylic acids is 1. The molecular weight excluding hydrogens is 268 g/mol. The second-order valence-corrected chi connectivity index (χ2v) is 6.30. The molecule has 1 aliphatic heterocycles. The van der Waals surface area contributed by atoms with Gasteiger partial charge in [0.1, 0.15) is 5.54 Å². The van der Waals surface area contributed by atoms with Crippen LogP contribution >= 0.6 is 0 Å². The number of likely N-dealkylation sites (N-methyl/N-ethyl adjacent to an activating group) is 1. The zero-order valence-electron chi connectivity index (χ0n) is 13.7. The van der Waals surface area contributed by atoms with E-state index in [1.807, 2.05) is 14.0 Å². The zero-order valence-corrected chi connectivity index (χ0v) is 13.7. The molecule has 122 valence electrons. The highest BCUT2D eigenvalue weighted by Crippen LogP contribution is 2.33. The summed E-state index contributed by atoms with van der Waals surface area (Å²) in [6.45, 7) is 4.43. The lowest BCUT2D eigenvalue weighted by Crippen LogP contribution is -2.59. The maximum atomic E-state index is 12.4. The number of likely N-dealkylation sites (tertiary alicyclic amines) is 1. The Balaban J connectivity index is 2.03. The Labute approximate surface area is 128 Å². The molecule has 5 heteroatoms. The van der Waals surface area contributed by atoms with Crippen molar-refractivity contribution in [2.24, 2.45) is 0 Å². The fraction of sp³-hybridized carbons (Fsp3) is 0.938. The van der Waals surface area contributed by atoms with Gasteiger partial charge in [-0.3, -0.25) is 9.69 Å². The highest BCUT2D eigenvalue weighted by Gasteiger charge is 2.44. The van der Waals surface area contributed by atoms with Gasteiger partial charge in [0.15, 0.2) is 0 Å². The predicted octanol–water partition coefficient (Wildman–Crippen LogP) is 1.56. The first-order valence-corrected chi connectivity index (χ1v) is 8.28. The van der Waals surface area contributed by atoms with Gasteiger partial charge in [-0.25, -0.2) is 0 Å². The SMILES string of the molecule is CCOC(=O)C1(NC)CCCC(N2CCCC(OC)C2)C1. The first-order chi connectivity index (χ1) is 10.1. The lowest BCUT2D eigenvalue weighted by atomic mass is 9.78. The molecule has 1 saturated heterocycles. The minimum absolute atomic E-state index is 0.0856. The zero-order chi connectivity index (χ0) is 15.3. The maximum absolute atomic E-state index is 12.4. The van der Waals surface area contributed by atoms with Gasteiger partial charge in [-0.1, -0.05) is 0 Å². The van der Waals surface area contributed by atoms with Crippen LogP contribution in [0.5, 0.6) is 0 Å². The quantitative estimate of drug-likeness (QED) is 0.781. The van der Waals surface area contributed by atoms with Crippen molar-refractivity contribution in [1.29, 1.82) is 0 Å². The lowest BCUT2D eigenvalue weighted by molar-refractivity contribution is -0.153. The third-order valence-electron chi connectivity index (χ3n) is 5.13. The fourth-order valence-corrected chi connectivity index (χ4v) is 3.83. The summed E-state index contributed by atoms with van der Waals surface area (Å²) >= 11 is 0. The van der Waals surface area contributed by atoms with Crippen molar-refractivity contribution in [3.63, 3.8) is 0 Å². The van der Waals surface area contributed by atoms with Crippen LogP contribution in [0.2, 0.25) is 0 Å². The Hall–Kier alpha value is -0.650. The van der Waals surface area contributed by atoms with Gasteiger partial charge >= 0.3 is 5.97 Å². The molecule has 2 fully saturated rings. The summed E-state index contributed by atoms with van der Waals surface area (Å²) in [7, 11) is 3.68. The van der Waals surface area contributed by atoms with Crippen LogP contribution in [0, 0.1) is 0 Å². The molecule has 21 heavy (non-hydrogen) atoms. The van der Waals surface area contributed by atoms with E-state index in [1.54, 1.807) is 7.11 Å². The van der Waals surface area contributed by atoms with Gasteiger partial charge in [0.05, 0.1) is 12.7 Å². The Morgan fingerprint density at radius 3 is 2.86 bits per heavy atom. The molecule has 3 unspecified atom stereocenters. The number of piperidine rings is 1. The molecule has 5 nitrogen and oxygen atoms in total. The summed E-state index contributed by atoms with van der Waals surface area (Å²) in [6, 6.07) is 0.452. The third-order valence-corrected chi connectivity index (χ3v) is 5.13. The Kier molecular flexibility index (Phi) is 6.02. The molecule has 0 amide bonds. The van der Waals surface area contributed by atoms with E-state index in [0.29, 0.717) is 18.8 Å². The van der Waals surface area contributed by atoms with Crippen molar-refractivity contribution >= 4 is 5.97 Å². The van der Waals surface area contributed by atoms with Gasteiger partial charge in [-0.2, -0.15) is 0 Å². The number of hydrogen-bond donors (Lipinski definition) is 1. The Morgan fingerprint density at radius 1 is 1.38 bits per heavy atom. The summed E-state index contributed by atoms with van der Waals surface area (Å²) in [5.74, 6) is -0.0856. The molecule has 0 spiro atoms. The molecule has 3 atom stereocenters. The summed E-state index contributed by atoms with van der Waals surface area (Å²) in [5.41, 5.74) is -0.501. The minimum Gasteiger partial charge on any atom is -0.465 e. The molecule has 0 bridgehead atoms. The monoisotopic (exact) mass is 298 g/mol. The first-order valence-electron chi connectivity index (χ1n) is 8.28. The van der Waals surface area contributed by atoms with Crippen LogP contribution in [0.1, 0.15) is 45.4 Å². The van der Waals surface area contributed by atoms with E-state index in [-0.39, 0.29) is 5.97 Å². The predicted molar refractivity (Wildman–Crippen MR) is 82.3 cm³/mol. The van der Waals surface area contributed by atoms with Crippen LogP contribution in [-0.4, -0.2) is 62.4 Å². The second kappa shape index (κ2) is 7.56. The standard InChI is InChI=1S/C16H30N2O3/c1-4-21-15(19)16(17-2)9-5-7-13(11-16)18-10-6-8-14(12-18)20-3/h13-14,17H,4-12H2,1-3H3. The molecule has 1 heterocycles. The van der Waals surface area contributed by atoms with Crippen LogP contribution in [0.3, 0.4) is 0 Å². The molecule has 1 saturated carbocycles. The van der Waals surface area contributed by atoms with Crippen molar-refractivity contribution in [3.05, 3.63) is 0 Å². The molecule has 0 aromatic rings. The van der Waals surface area contributed by atoms with Crippen LogP contribution in [0.25, 0.3) is 0 Å². The van der Waals surface area contributed by atoms with Crippen LogP contribution < -0.4 is 5.32 Å². The minimum atomic E-state index is -0.501. The molecular formula is C16H30N2O3. The van der Waals surface area contributed by atoms with Crippen molar-refractivity contribution in [3.8, 4) is 0 Å². The van der Waals surface area contributed by atoms with Crippen molar-refractivity contribution < 1.29 is 14.3 Å². The number of nitrogens with one attached hydrogen (secondary N) is 1. The maximum Gasteiger partial charge on any atom is 0.326 e. The van der Waals surface area contributed by atoms with Crippen LogP contribution in [0.15, 0.2) is 0 Å². The summed E-state index contributed by atoms with van der Waals surface area (Å²) < 4.78 is 10.8. The summed E-state index contributed by atoms with van der Waals surface area (Å²) in [4.78, 5) is 14.9. The molecule has 1 aliphatic carbocycles. The van der Waals surface area contributed by atoms with E-state index < -0.39 is 5.54 Å². The van der Waals surface area contributed by atoms with E-state index in [1.165, 1.54) is 12.8 Å². The molecule has 1 N–H and O–H groups in total. The number of nitrogens with zero attached hydrogens (tertiary/aromatic N) is 1. The summed E-state index contributed by atoms with van der Waals surface area (Å²) in [6.07, 6.45) is 6.62. The highest BCUT2D eigenvalue weighted by molar-refractivity contribution is 5.81. The topological polar surface area (TPSA) is 50.8 Å². The van der Waals surface area contributed by atoms with Crippen molar-refractivity contribution in [2.45, 2.75) is 63.1 Å². The molecule has 2 aliphatic rings.